The SMILES string of the molecule is CC(C)(C(=O)NC(Cc1ccccc1)C(=O)O)c1ccc2c(c1)OCCO2. The zero-order valence-corrected chi connectivity index (χ0v) is 15.4. The van der Waals surface area contributed by atoms with Crippen molar-refractivity contribution in [1.82, 2.24) is 5.32 Å². The molecule has 6 nitrogen and oxygen atoms in total. The van der Waals surface area contributed by atoms with Crippen LogP contribution in [0.25, 0.3) is 0 Å². The molecule has 142 valence electrons. The van der Waals surface area contributed by atoms with Crippen LogP contribution in [0.5, 0.6) is 11.5 Å². The van der Waals surface area contributed by atoms with E-state index in [1.807, 2.05) is 30.3 Å². The molecule has 0 radical (unpaired) electrons. The van der Waals surface area contributed by atoms with Crippen molar-refractivity contribution >= 4 is 11.9 Å². The molecular formula is C21H23NO5. The molecule has 0 spiro atoms. The molecule has 1 aliphatic rings. The highest BCUT2D eigenvalue weighted by Crippen LogP contribution is 2.35. The number of carbonyl (C=O) groups is 2. The second-order valence-electron chi connectivity index (χ2n) is 7.04. The van der Waals surface area contributed by atoms with E-state index in [0.29, 0.717) is 24.7 Å². The molecule has 0 saturated heterocycles. The molecule has 27 heavy (non-hydrogen) atoms. The van der Waals surface area contributed by atoms with Gasteiger partial charge in [-0.1, -0.05) is 36.4 Å². The third-order valence-electron chi connectivity index (χ3n) is 4.72. The number of carboxylic acid groups (broad SMARTS) is 1. The Kier molecular flexibility index (Phi) is 5.35. The minimum absolute atomic E-state index is 0.221. The van der Waals surface area contributed by atoms with E-state index < -0.39 is 17.4 Å². The standard InChI is InChI=1S/C21H23NO5/c1-21(2,15-8-9-17-18(13-15)27-11-10-26-17)20(25)22-16(19(23)24)12-14-6-4-3-5-7-14/h3-9,13,16H,10-12H2,1-2H3,(H,22,25)(H,23,24). The van der Waals surface area contributed by atoms with Crippen molar-refractivity contribution in [2.24, 2.45) is 0 Å². The molecule has 2 aromatic carbocycles. The van der Waals surface area contributed by atoms with E-state index in [0.717, 1.165) is 11.1 Å². The Morgan fingerprint density at radius 2 is 1.74 bits per heavy atom. The number of amides is 1. The number of benzene rings is 2. The van der Waals surface area contributed by atoms with Gasteiger partial charge in [-0.15, -0.1) is 0 Å². The van der Waals surface area contributed by atoms with Gasteiger partial charge in [0.2, 0.25) is 5.91 Å². The normalized spacial score (nSPS) is 14.3. The number of hydrogen-bond donors (Lipinski definition) is 2. The minimum atomic E-state index is -1.06. The predicted molar refractivity (Wildman–Crippen MR) is 100 cm³/mol. The van der Waals surface area contributed by atoms with Gasteiger partial charge in [0, 0.05) is 6.42 Å². The smallest absolute Gasteiger partial charge is 0.326 e. The summed E-state index contributed by atoms with van der Waals surface area (Å²) in [5, 5.41) is 12.2. The van der Waals surface area contributed by atoms with Gasteiger partial charge >= 0.3 is 5.97 Å². The van der Waals surface area contributed by atoms with Crippen molar-refractivity contribution in [3.8, 4) is 11.5 Å². The lowest BCUT2D eigenvalue weighted by Gasteiger charge is -2.28. The summed E-state index contributed by atoms with van der Waals surface area (Å²) in [5.74, 6) is -0.180. The van der Waals surface area contributed by atoms with Gasteiger partial charge in [-0.2, -0.15) is 0 Å². The summed E-state index contributed by atoms with van der Waals surface area (Å²) in [6.45, 7) is 4.47. The largest absolute Gasteiger partial charge is 0.486 e. The Bertz CT molecular complexity index is 832. The van der Waals surface area contributed by atoms with Gasteiger partial charge in [-0.05, 0) is 37.1 Å². The fourth-order valence-electron chi connectivity index (χ4n) is 2.95. The number of fused-ring (bicyclic) bond motifs is 1. The molecule has 1 unspecified atom stereocenters. The maximum Gasteiger partial charge on any atom is 0.326 e. The second kappa shape index (κ2) is 7.70. The lowest BCUT2D eigenvalue weighted by Crippen LogP contribution is -2.49. The molecule has 2 aromatic rings. The average molecular weight is 369 g/mol. The summed E-state index contributed by atoms with van der Waals surface area (Å²) in [6, 6.07) is 13.6. The van der Waals surface area contributed by atoms with E-state index in [2.05, 4.69) is 5.32 Å². The first-order valence-corrected chi connectivity index (χ1v) is 8.86. The number of nitrogens with one attached hydrogen (secondary N) is 1. The Morgan fingerprint density at radius 1 is 1.07 bits per heavy atom. The van der Waals surface area contributed by atoms with Crippen molar-refractivity contribution in [1.29, 1.82) is 0 Å². The van der Waals surface area contributed by atoms with Gasteiger partial charge in [0.25, 0.3) is 0 Å². The highest BCUT2D eigenvalue weighted by atomic mass is 16.6. The van der Waals surface area contributed by atoms with Gasteiger partial charge in [0.1, 0.15) is 19.3 Å². The monoisotopic (exact) mass is 369 g/mol. The quantitative estimate of drug-likeness (QED) is 0.817. The molecule has 3 rings (SSSR count). The topological polar surface area (TPSA) is 84.9 Å². The maximum absolute atomic E-state index is 12.9. The molecule has 1 aliphatic heterocycles. The number of carbonyl (C=O) groups excluding carboxylic acids is 1. The van der Waals surface area contributed by atoms with Crippen LogP contribution in [0, 0.1) is 0 Å². The van der Waals surface area contributed by atoms with Gasteiger partial charge in [0.05, 0.1) is 5.41 Å². The van der Waals surface area contributed by atoms with Crippen molar-refractivity contribution < 1.29 is 24.2 Å². The molecule has 1 heterocycles. The van der Waals surface area contributed by atoms with Gasteiger partial charge in [-0.3, -0.25) is 4.79 Å². The molecule has 0 saturated carbocycles. The van der Waals surface area contributed by atoms with Crippen LogP contribution in [0.15, 0.2) is 48.5 Å². The zero-order valence-electron chi connectivity index (χ0n) is 15.4. The third kappa shape index (κ3) is 4.22. The van der Waals surface area contributed by atoms with Crippen LogP contribution in [-0.2, 0) is 21.4 Å². The number of hydrogen-bond acceptors (Lipinski definition) is 4. The lowest BCUT2D eigenvalue weighted by molar-refractivity contribution is -0.142. The van der Waals surface area contributed by atoms with Crippen LogP contribution < -0.4 is 14.8 Å². The Morgan fingerprint density at radius 3 is 2.41 bits per heavy atom. The first-order valence-electron chi connectivity index (χ1n) is 8.86. The number of carboxylic acids is 1. The Labute approximate surface area is 158 Å². The second-order valence-corrected chi connectivity index (χ2v) is 7.04. The molecule has 6 heteroatoms. The molecular weight excluding hydrogens is 346 g/mol. The molecule has 0 bridgehead atoms. The molecule has 1 atom stereocenters. The van der Waals surface area contributed by atoms with Crippen LogP contribution in [0.2, 0.25) is 0 Å². The van der Waals surface area contributed by atoms with E-state index in [9.17, 15) is 14.7 Å². The zero-order chi connectivity index (χ0) is 19.4. The Hall–Kier alpha value is -3.02. The third-order valence-corrected chi connectivity index (χ3v) is 4.72. The number of aliphatic carboxylic acids is 1. The lowest BCUT2D eigenvalue weighted by atomic mass is 9.83. The fourth-order valence-corrected chi connectivity index (χ4v) is 2.95. The first kappa shape index (κ1) is 18.8. The Balaban J connectivity index is 1.77. The minimum Gasteiger partial charge on any atom is -0.486 e. The summed E-state index contributed by atoms with van der Waals surface area (Å²) < 4.78 is 11.1. The summed E-state index contributed by atoms with van der Waals surface area (Å²) in [7, 11) is 0. The predicted octanol–water partition coefficient (Wildman–Crippen LogP) is 2.55. The molecule has 0 aromatic heterocycles. The van der Waals surface area contributed by atoms with Crippen LogP contribution in [0.3, 0.4) is 0 Å². The van der Waals surface area contributed by atoms with Crippen molar-refractivity contribution in [3.63, 3.8) is 0 Å². The highest BCUT2D eigenvalue weighted by Gasteiger charge is 2.34. The van der Waals surface area contributed by atoms with E-state index >= 15 is 0 Å². The van der Waals surface area contributed by atoms with Gasteiger partial charge in [0.15, 0.2) is 11.5 Å². The van der Waals surface area contributed by atoms with Crippen molar-refractivity contribution in [2.75, 3.05) is 13.2 Å². The highest BCUT2D eigenvalue weighted by molar-refractivity contribution is 5.91. The maximum atomic E-state index is 12.9. The molecule has 0 fully saturated rings. The van der Waals surface area contributed by atoms with E-state index in [-0.39, 0.29) is 12.3 Å². The number of rotatable bonds is 6. The van der Waals surface area contributed by atoms with Gasteiger partial charge in [-0.25, -0.2) is 4.79 Å². The van der Waals surface area contributed by atoms with E-state index in [1.165, 1.54) is 0 Å². The molecule has 1 amide bonds. The van der Waals surface area contributed by atoms with Crippen LogP contribution in [-0.4, -0.2) is 36.2 Å². The van der Waals surface area contributed by atoms with Crippen molar-refractivity contribution in [2.45, 2.75) is 31.7 Å². The van der Waals surface area contributed by atoms with E-state index in [1.54, 1.807) is 32.0 Å². The van der Waals surface area contributed by atoms with E-state index in [4.69, 9.17) is 9.47 Å². The van der Waals surface area contributed by atoms with Crippen LogP contribution in [0.4, 0.5) is 0 Å². The fraction of sp³-hybridized carbons (Fsp3) is 0.333. The molecule has 0 aliphatic carbocycles. The average Bonchev–Trinajstić information content (AvgIpc) is 2.67. The molecule has 2 N–H and O–H groups in total. The van der Waals surface area contributed by atoms with Crippen molar-refractivity contribution in [3.05, 3.63) is 59.7 Å². The summed E-state index contributed by atoms with van der Waals surface area (Å²) >= 11 is 0. The van der Waals surface area contributed by atoms with Crippen LogP contribution >= 0.6 is 0 Å². The van der Waals surface area contributed by atoms with Crippen LogP contribution in [0.1, 0.15) is 25.0 Å². The van der Waals surface area contributed by atoms with Gasteiger partial charge < -0.3 is 19.9 Å². The summed E-state index contributed by atoms with van der Waals surface area (Å²) in [4.78, 5) is 24.5. The first-order chi connectivity index (χ1) is 12.9. The summed E-state index contributed by atoms with van der Waals surface area (Å²) in [5.41, 5.74) is 0.649. The summed E-state index contributed by atoms with van der Waals surface area (Å²) in [6.07, 6.45) is 0.221. The number of ether oxygens (including phenoxy) is 2.